The summed E-state index contributed by atoms with van der Waals surface area (Å²) in [5.74, 6) is 0.796. The minimum absolute atomic E-state index is 0.317. The number of amidine groups is 1. The first-order valence-corrected chi connectivity index (χ1v) is 3.22. The Morgan fingerprint density at radius 2 is 2.20 bits per heavy atom. The molecule has 0 fully saturated rings. The SMILES string of the molecule is COC(OC)C1=NCCN1. The molecule has 1 aliphatic heterocycles. The van der Waals surface area contributed by atoms with Crippen LogP contribution >= 0.6 is 0 Å². The van der Waals surface area contributed by atoms with Crippen LogP contribution in [0.1, 0.15) is 0 Å². The fourth-order valence-corrected chi connectivity index (χ4v) is 0.894. The Hall–Kier alpha value is -0.610. The Bertz CT molecular complexity index is 132. The molecule has 0 unspecified atom stereocenters. The van der Waals surface area contributed by atoms with Crippen molar-refractivity contribution in [2.45, 2.75) is 6.29 Å². The van der Waals surface area contributed by atoms with Crippen LogP contribution in [0.15, 0.2) is 4.99 Å². The minimum atomic E-state index is -0.317. The zero-order valence-electron chi connectivity index (χ0n) is 6.26. The Morgan fingerprint density at radius 3 is 2.60 bits per heavy atom. The molecular formula is C6H12N2O2. The lowest BCUT2D eigenvalue weighted by atomic mass is 10.5. The summed E-state index contributed by atoms with van der Waals surface area (Å²) in [6.45, 7) is 1.71. The number of hydrogen-bond acceptors (Lipinski definition) is 4. The molecule has 0 radical (unpaired) electrons. The average Bonchev–Trinajstić information content (AvgIpc) is 2.43. The van der Waals surface area contributed by atoms with E-state index < -0.39 is 0 Å². The molecular weight excluding hydrogens is 132 g/mol. The van der Waals surface area contributed by atoms with Crippen LogP contribution in [-0.4, -0.2) is 39.4 Å². The molecule has 10 heavy (non-hydrogen) atoms. The Kier molecular flexibility index (Phi) is 2.65. The van der Waals surface area contributed by atoms with E-state index in [1.54, 1.807) is 14.2 Å². The largest absolute Gasteiger partial charge is 0.368 e. The van der Waals surface area contributed by atoms with Gasteiger partial charge in [-0.15, -0.1) is 0 Å². The Balaban J connectivity index is 2.44. The number of hydrogen-bond donors (Lipinski definition) is 1. The van der Waals surface area contributed by atoms with E-state index in [2.05, 4.69) is 10.3 Å². The van der Waals surface area contributed by atoms with Crippen molar-refractivity contribution in [3.63, 3.8) is 0 Å². The second kappa shape index (κ2) is 3.53. The molecule has 0 aromatic carbocycles. The van der Waals surface area contributed by atoms with Crippen molar-refractivity contribution in [1.82, 2.24) is 5.32 Å². The molecule has 0 saturated heterocycles. The summed E-state index contributed by atoms with van der Waals surface area (Å²) in [6.07, 6.45) is -0.317. The second-order valence-corrected chi connectivity index (χ2v) is 2.00. The zero-order chi connectivity index (χ0) is 7.40. The Labute approximate surface area is 60.2 Å². The van der Waals surface area contributed by atoms with Gasteiger partial charge in [0.2, 0.25) is 6.29 Å². The standard InChI is InChI=1S/C6H12N2O2/c1-9-6(10-2)5-7-3-4-8-5/h6H,3-4H2,1-2H3,(H,7,8). The maximum absolute atomic E-state index is 4.97. The maximum Gasteiger partial charge on any atom is 0.215 e. The van der Waals surface area contributed by atoms with E-state index in [9.17, 15) is 0 Å². The van der Waals surface area contributed by atoms with E-state index in [4.69, 9.17) is 9.47 Å². The van der Waals surface area contributed by atoms with Crippen molar-refractivity contribution in [2.75, 3.05) is 27.3 Å². The quantitative estimate of drug-likeness (QED) is 0.548. The normalized spacial score (nSPS) is 17.3. The lowest BCUT2D eigenvalue weighted by Gasteiger charge is -2.12. The van der Waals surface area contributed by atoms with Gasteiger partial charge in [0.25, 0.3) is 0 Å². The van der Waals surface area contributed by atoms with Crippen LogP contribution in [0.25, 0.3) is 0 Å². The second-order valence-electron chi connectivity index (χ2n) is 2.00. The minimum Gasteiger partial charge on any atom is -0.368 e. The number of methoxy groups -OCH3 is 2. The van der Waals surface area contributed by atoms with E-state index in [1.807, 2.05) is 0 Å². The molecule has 58 valence electrons. The van der Waals surface area contributed by atoms with Crippen molar-refractivity contribution in [2.24, 2.45) is 4.99 Å². The number of nitrogens with zero attached hydrogens (tertiary/aromatic N) is 1. The molecule has 4 heteroatoms. The molecule has 0 aliphatic carbocycles. The van der Waals surface area contributed by atoms with Crippen LogP contribution in [-0.2, 0) is 9.47 Å². The number of ether oxygens (including phenoxy) is 2. The molecule has 1 aliphatic rings. The van der Waals surface area contributed by atoms with E-state index in [0.717, 1.165) is 18.9 Å². The highest BCUT2D eigenvalue weighted by Gasteiger charge is 2.16. The summed E-state index contributed by atoms with van der Waals surface area (Å²) >= 11 is 0. The predicted molar refractivity (Wildman–Crippen MR) is 38.1 cm³/mol. The molecule has 1 heterocycles. The van der Waals surface area contributed by atoms with Crippen LogP contribution < -0.4 is 5.32 Å². The molecule has 0 aromatic heterocycles. The van der Waals surface area contributed by atoms with Gasteiger partial charge in [-0.1, -0.05) is 0 Å². The first-order chi connectivity index (χ1) is 4.88. The lowest BCUT2D eigenvalue weighted by molar-refractivity contribution is -0.0535. The lowest BCUT2D eigenvalue weighted by Crippen LogP contribution is -2.34. The van der Waals surface area contributed by atoms with E-state index in [1.165, 1.54) is 0 Å². The third kappa shape index (κ3) is 1.46. The van der Waals surface area contributed by atoms with Crippen molar-refractivity contribution >= 4 is 5.84 Å². The highest BCUT2D eigenvalue weighted by atomic mass is 16.7. The van der Waals surface area contributed by atoms with Crippen molar-refractivity contribution < 1.29 is 9.47 Å². The summed E-state index contributed by atoms with van der Waals surface area (Å²) in [5, 5.41) is 3.06. The summed E-state index contributed by atoms with van der Waals surface area (Å²) < 4.78 is 9.94. The van der Waals surface area contributed by atoms with Gasteiger partial charge < -0.3 is 14.8 Å². The fraction of sp³-hybridized carbons (Fsp3) is 0.833. The molecule has 1 rings (SSSR count). The molecule has 4 nitrogen and oxygen atoms in total. The van der Waals surface area contributed by atoms with Gasteiger partial charge in [-0.05, 0) is 0 Å². The first-order valence-electron chi connectivity index (χ1n) is 3.22. The summed E-state index contributed by atoms with van der Waals surface area (Å²) in [4.78, 5) is 4.13. The van der Waals surface area contributed by atoms with Gasteiger partial charge in [0.1, 0.15) is 0 Å². The number of aliphatic imine (C=N–C) groups is 1. The van der Waals surface area contributed by atoms with Gasteiger partial charge in [0.05, 0.1) is 6.54 Å². The third-order valence-electron chi connectivity index (χ3n) is 1.35. The van der Waals surface area contributed by atoms with Gasteiger partial charge in [0, 0.05) is 20.8 Å². The van der Waals surface area contributed by atoms with Crippen LogP contribution in [0, 0.1) is 0 Å². The molecule has 0 spiro atoms. The predicted octanol–water partition coefficient (Wildman–Crippen LogP) is -0.393. The first kappa shape index (κ1) is 7.50. The van der Waals surface area contributed by atoms with Crippen molar-refractivity contribution in [1.29, 1.82) is 0 Å². The highest BCUT2D eigenvalue weighted by Crippen LogP contribution is 1.96. The van der Waals surface area contributed by atoms with E-state index >= 15 is 0 Å². The van der Waals surface area contributed by atoms with Gasteiger partial charge in [-0.2, -0.15) is 0 Å². The fourth-order valence-electron chi connectivity index (χ4n) is 0.894. The van der Waals surface area contributed by atoms with Crippen molar-refractivity contribution in [3.05, 3.63) is 0 Å². The smallest absolute Gasteiger partial charge is 0.215 e. The van der Waals surface area contributed by atoms with Crippen LogP contribution in [0.4, 0.5) is 0 Å². The van der Waals surface area contributed by atoms with E-state index in [-0.39, 0.29) is 6.29 Å². The Morgan fingerprint density at radius 1 is 1.50 bits per heavy atom. The molecule has 0 amide bonds. The third-order valence-corrected chi connectivity index (χ3v) is 1.35. The average molecular weight is 144 g/mol. The molecule has 1 N–H and O–H groups in total. The van der Waals surface area contributed by atoms with Gasteiger partial charge in [0.15, 0.2) is 5.84 Å². The van der Waals surface area contributed by atoms with E-state index in [0.29, 0.717) is 0 Å². The van der Waals surface area contributed by atoms with Gasteiger partial charge in [-0.3, -0.25) is 4.99 Å². The molecule has 0 aromatic rings. The summed E-state index contributed by atoms with van der Waals surface area (Å²) in [5.41, 5.74) is 0. The zero-order valence-corrected chi connectivity index (χ0v) is 6.26. The monoisotopic (exact) mass is 144 g/mol. The molecule has 0 atom stereocenters. The van der Waals surface area contributed by atoms with Crippen LogP contribution in [0.5, 0.6) is 0 Å². The number of rotatable bonds is 3. The highest BCUT2D eigenvalue weighted by molar-refractivity contribution is 5.86. The number of nitrogens with one attached hydrogen (secondary N) is 1. The topological polar surface area (TPSA) is 42.9 Å². The van der Waals surface area contributed by atoms with Gasteiger partial charge in [-0.25, -0.2) is 0 Å². The maximum atomic E-state index is 4.97. The molecule has 0 saturated carbocycles. The summed E-state index contributed by atoms with van der Waals surface area (Å²) in [7, 11) is 3.19. The summed E-state index contributed by atoms with van der Waals surface area (Å²) in [6, 6.07) is 0. The van der Waals surface area contributed by atoms with Crippen LogP contribution in [0.3, 0.4) is 0 Å². The van der Waals surface area contributed by atoms with Crippen molar-refractivity contribution in [3.8, 4) is 0 Å². The van der Waals surface area contributed by atoms with Gasteiger partial charge >= 0.3 is 0 Å². The van der Waals surface area contributed by atoms with Crippen LogP contribution in [0.2, 0.25) is 0 Å². The molecule has 0 bridgehead atoms.